The summed E-state index contributed by atoms with van der Waals surface area (Å²) in [4.78, 5) is 23.8. The average Bonchev–Trinajstić information content (AvgIpc) is 3.33. The molecular weight excluding hydrogens is 533 g/mol. The first kappa shape index (κ1) is 29.6. The van der Waals surface area contributed by atoms with Crippen LogP contribution in [0.1, 0.15) is 57.6 Å². The molecule has 1 aromatic heterocycles. The van der Waals surface area contributed by atoms with E-state index < -0.39 is 11.7 Å². The zero-order chi connectivity index (χ0) is 29.6. The lowest BCUT2D eigenvalue weighted by molar-refractivity contribution is -0.137. The zero-order valence-electron chi connectivity index (χ0n) is 23.1. The second kappa shape index (κ2) is 12.8. The van der Waals surface area contributed by atoms with Crippen molar-refractivity contribution in [3.05, 3.63) is 83.9 Å². The molecule has 0 saturated carbocycles. The third-order valence-electron chi connectivity index (χ3n) is 6.40. The van der Waals surface area contributed by atoms with Crippen LogP contribution < -0.4 is 9.47 Å². The van der Waals surface area contributed by atoms with E-state index in [2.05, 4.69) is 0 Å². The highest BCUT2D eigenvalue weighted by Gasteiger charge is 2.35. The molecule has 9 heteroatoms. The van der Waals surface area contributed by atoms with Crippen molar-refractivity contribution in [3.8, 4) is 39.7 Å². The summed E-state index contributed by atoms with van der Waals surface area (Å²) in [5, 5.41) is 4.71. The van der Waals surface area contributed by atoms with Gasteiger partial charge in [0.1, 0.15) is 11.5 Å². The van der Waals surface area contributed by atoms with Crippen LogP contribution >= 0.6 is 0 Å². The molecule has 214 valence electrons. The standard InChI is InChI=1S/C32H31F3N2O4/c1-4-9-28(38)40-23-17-13-21(14-18-23)30-25(6-3)31(22-15-19-24(20-16-22)41-29(39)10-5-2)37(36-30)27-12-8-7-11-26(27)32(33,34)35/h7-8,11-20H,4-6,9-10H2,1-3H3. The number of halogens is 3. The maximum Gasteiger partial charge on any atom is 0.418 e. The number of esters is 2. The monoisotopic (exact) mass is 564 g/mol. The summed E-state index contributed by atoms with van der Waals surface area (Å²) >= 11 is 0. The topological polar surface area (TPSA) is 70.4 Å². The fourth-order valence-corrected chi connectivity index (χ4v) is 4.52. The SMILES string of the molecule is CCCC(=O)Oc1ccc(-c2nn(-c3ccccc3C(F)(F)F)c(-c3ccc(OC(=O)CCC)cc3)c2CC)cc1. The lowest BCUT2D eigenvalue weighted by Gasteiger charge is -2.15. The molecule has 3 aromatic carbocycles. The lowest BCUT2D eigenvalue weighted by Crippen LogP contribution is -2.12. The molecule has 4 rings (SSSR count). The minimum absolute atomic E-state index is 0.112. The van der Waals surface area contributed by atoms with Gasteiger partial charge in [-0.3, -0.25) is 9.59 Å². The van der Waals surface area contributed by atoms with Crippen LogP contribution in [0.4, 0.5) is 13.2 Å². The van der Waals surface area contributed by atoms with E-state index in [4.69, 9.17) is 14.6 Å². The molecule has 0 bridgehead atoms. The van der Waals surface area contributed by atoms with Crippen molar-refractivity contribution in [2.45, 2.75) is 59.1 Å². The number of hydrogen-bond acceptors (Lipinski definition) is 5. The van der Waals surface area contributed by atoms with Gasteiger partial charge in [0.2, 0.25) is 0 Å². The van der Waals surface area contributed by atoms with Crippen LogP contribution in [0, 0.1) is 0 Å². The second-order valence-corrected chi connectivity index (χ2v) is 9.45. The number of aromatic nitrogens is 2. The minimum Gasteiger partial charge on any atom is -0.427 e. The largest absolute Gasteiger partial charge is 0.427 e. The third kappa shape index (κ3) is 6.85. The number of benzene rings is 3. The Balaban J connectivity index is 1.85. The number of alkyl halides is 3. The molecule has 0 unspecified atom stereocenters. The van der Waals surface area contributed by atoms with Crippen LogP contribution in [0.3, 0.4) is 0 Å². The van der Waals surface area contributed by atoms with E-state index in [9.17, 15) is 22.8 Å². The first-order valence-electron chi connectivity index (χ1n) is 13.6. The Kier molecular flexibility index (Phi) is 9.27. The summed E-state index contributed by atoms with van der Waals surface area (Å²) in [5.41, 5.74) is 2.06. The van der Waals surface area contributed by atoms with E-state index in [0.717, 1.165) is 11.6 Å². The van der Waals surface area contributed by atoms with E-state index in [1.54, 1.807) is 48.5 Å². The average molecular weight is 565 g/mol. The Morgan fingerprint density at radius 2 is 1.27 bits per heavy atom. The molecule has 41 heavy (non-hydrogen) atoms. The third-order valence-corrected chi connectivity index (χ3v) is 6.40. The molecule has 6 nitrogen and oxygen atoms in total. The van der Waals surface area contributed by atoms with Crippen molar-refractivity contribution in [3.63, 3.8) is 0 Å². The van der Waals surface area contributed by atoms with Gasteiger partial charge in [-0.2, -0.15) is 18.3 Å². The molecule has 1 heterocycles. The summed E-state index contributed by atoms with van der Waals surface area (Å²) in [5.74, 6) is 0.0272. The molecule has 0 radical (unpaired) electrons. The van der Waals surface area contributed by atoms with Gasteiger partial charge in [-0.25, -0.2) is 4.68 Å². The molecule has 0 N–H and O–H groups in total. The molecule has 4 aromatic rings. The Hall–Kier alpha value is -4.40. The van der Waals surface area contributed by atoms with Crippen LogP contribution in [-0.2, 0) is 22.2 Å². The molecule has 0 atom stereocenters. The number of para-hydroxylation sites is 1. The quantitative estimate of drug-likeness (QED) is 0.143. The molecule has 0 aliphatic heterocycles. The van der Waals surface area contributed by atoms with Crippen molar-refractivity contribution in [1.82, 2.24) is 9.78 Å². The summed E-state index contributed by atoms with van der Waals surface area (Å²) < 4.78 is 54.3. The maximum absolute atomic E-state index is 14.1. The van der Waals surface area contributed by atoms with Crippen LogP contribution in [0.25, 0.3) is 28.2 Å². The van der Waals surface area contributed by atoms with Crippen molar-refractivity contribution in [2.24, 2.45) is 0 Å². The maximum atomic E-state index is 14.1. The highest BCUT2D eigenvalue weighted by molar-refractivity contribution is 5.78. The molecule has 0 aliphatic rings. The molecule has 0 saturated heterocycles. The highest BCUT2D eigenvalue weighted by atomic mass is 19.4. The molecule has 0 fully saturated rings. The minimum atomic E-state index is -4.60. The van der Waals surface area contributed by atoms with Gasteiger partial charge in [0.25, 0.3) is 0 Å². The van der Waals surface area contributed by atoms with Gasteiger partial charge in [-0.1, -0.05) is 32.9 Å². The fraction of sp³-hybridized carbons (Fsp3) is 0.281. The number of carbonyl (C=O) groups is 2. The van der Waals surface area contributed by atoms with E-state index in [0.29, 0.717) is 59.7 Å². The van der Waals surface area contributed by atoms with E-state index >= 15 is 0 Å². The fourth-order valence-electron chi connectivity index (χ4n) is 4.52. The van der Waals surface area contributed by atoms with Gasteiger partial charge < -0.3 is 9.47 Å². The smallest absolute Gasteiger partial charge is 0.418 e. The van der Waals surface area contributed by atoms with Crippen molar-refractivity contribution < 1.29 is 32.2 Å². The first-order chi connectivity index (χ1) is 19.7. The summed E-state index contributed by atoms with van der Waals surface area (Å²) in [6, 6.07) is 18.7. The van der Waals surface area contributed by atoms with Gasteiger partial charge in [0, 0.05) is 29.5 Å². The van der Waals surface area contributed by atoms with E-state index in [-0.39, 0.29) is 24.0 Å². The Morgan fingerprint density at radius 1 is 0.756 bits per heavy atom. The zero-order valence-corrected chi connectivity index (χ0v) is 23.1. The van der Waals surface area contributed by atoms with Crippen molar-refractivity contribution >= 4 is 11.9 Å². The summed E-state index contributed by atoms with van der Waals surface area (Å²) in [7, 11) is 0. The Bertz CT molecular complexity index is 1510. The summed E-state index contributed by atoms with van der Waals surface area (Å²) in [6.07, 6.45) is -2.24. The molecule has 0 aliphatic carbocycles. The highest BCUT2D eigenvalue weighted by Crippen LogP contribution is 2.40. The van der Waals surface area contributed by atoms with Gasteiger partial charge >= 0.3 is 18.1 Å². The van der Waals surface area contributed by atoms with Crippen molar-refractivity contribution in [2.75, 3.05) is 0 Å². The van der Waals surface area contributed by atoms with Crippen LogP contribution in [-0.4, -0.2) is 21.7 Å². The molecule has 0 amide bonds. The van der Waals surface area contributed by atoms with Gasteiger partial charge in [-0.15, -0.1) is 0 Å². The number of carbonyl (C=O) groups excluding carboxylic acids is 2. The molecular formula is C32H31F3N2O4. The Labute approximate surface area is 236 Å². The van der Waals surface area contributed by atoms with Crippen LogP contribution in [0.2, 0.25) is 0 Å². The van der Waals surface area contributed by atoms with E-state index in [1.165, 1.54) is 22.9 Å². The number of nitrogens with zero attached hydrogens (tertiary/aromatic N) is 2. The summed E-state index contributed by atoms with van der Waals surface area (Å²) in [6.45, 7) is 5.67. The van der Waals surface area contributed by atoms with Gasteiger partial charge in [0.05, 0.1) is 22.6 Å². The second-order valence-electron chi connectivity index (χ2n) is 9.45. The number of rotatable bonds is 10. The van der Waals surface area contributed by atoms with Gasteiger partial charge in [0.15, 0.2) is 0 Å². The normalized spacial score (nSPS) is 11.4. The first-order valence-corrected chi connectivity index (χ1v) is 13.6. The number of hydrogen-bond donors (Lipinski definition) is 0. The van der Waals surface area contributed by atoms with Gasteiger partial charge in [-0.05, 0) is 79.9 Å². The van der Waals surface area contributed by atoms with Crippen LogP contribution in [0.5, 0.6) is 11.5 Å². The molecule has 0 spiro atoms. The predicted molar refractivity (Wildman–Crippen MR) is 150 cm³/mol. The lowest BCUT2D eigenvalue weighted by atomic mass is 9.99. The van der Waals surface area contributed by atoms with E-state index in [1.807, 2.05) is 20.8 Å². The van der Waals surface area contributed by atoms with Crippen molar-refractivity contribution in [1.29, 1.82) is 0 Å². The predicted octanol–water partition coefficient (Wildman–Crippen LogP) is 8.20. The van der Waals surface area contributed by atoms with Crippen LogP contribution in [0.15, 0.2) is 72.8 Å². The Morgan fingerprint density at radius 3 is 1.76 bits per heavy atom. The number of ether oxygens (including phenoxy) is 2.